The van der Waals surface area contributed by atoms with E-state index in [-0.39, 0.29) is 0 Å². The second-order valence-corrected chi connectivity index (χ2v) is 7.82. The van der Waals surface area contributed by atoms with E-state index in [0.29, 0.717) is 23.7 Å². The van der Waals surface area contributed by atoms with Gasteiger partial charge in [0.2, 0.25) is 10.0 Å². The fourth-order valence-electron chi connectivity index (χ4n) is 2.90. The molecule has 2 aliphatic rings. The molecule has 0 saturated carbocycles. The van der Waals surface area contributed by atoms with Crippen molar-refractivity contribution in [1.82, 2.24) is 9.31 Å². The van der Waals surface area contributed by atoms with Gasteiger partial charge in [-0.05, 0) is 50.3 Å². The second kappa shape index (κ2) is 6.34. The highest BCUT2D eigenvalue weighted by Gasteiger charge is 2.28. The Morgan fingerprint density at radius 1 is 1.00 bits per heavy atom. The van der Waals surface area contributed by atoms with Crippen LogP contribution in [0, 0.1) is 6.92 Å². The Morgan fingerprint density at radius 3 is 2.32 bits per heavy atom. The van der Waals surface area contributed by atoms with Gasteiger partial charge in [-0.2, -0.15) is 4.31 Å². The van der Waals surface area contributed by atoms with E-state index in [4.69, 9.17) is 0 Å². The van der Waals surface area contributed by atoms with Gasteiger partial charge in [-0.25, -0.2) is 8.42 Å². The van der Waals surface area contributed by atoms with Crippen molar-refractivity contribution in [2.75, 3.05) is 26.2 Å². The number of benzene rings is 1. The average molecular weight is 322 g/mol. The smallest absolute Gasteiger partial charge is 0.243 e. The molecule has 1 aromatic rings. The molecule has 7 heteroatoms. The molecular weight excluding hydrogens is 300 g/mol. The molecule has 0 spiro atoms. The lowest BCUT2D eigenvalue weighted by Gasteiger charge is -2.17. The van der Waals surface area contributed by atoms with Crippen LogP contribution in [-0.4, -0.2) is 43.9 Å². The van der Waals surface area contributed by atoms with Gasteiger partial charge in [0.05, 0.1) is 10.6 Å². The molecule has 0 aromatic heterocycles. The molecule has 22 heavy (non-hydrogen) atoms. The van der Waals surface area contributed by atoms with E-state index >= 15 is 0 Å². The van der Waals surface area contributed by atoms with Crippen LogP contribution in [0.5, 0.6) is 0 Å². The van der Waals surface area contributed by atoms with Crippen LogP contribution in [0.1, 0.15) is 31.2 Å². The number of hydrogen-bond donors (Lipinski definition) is 0. The highest BCUT2D eigenvalue weighted by molar-refractivity contribution is 7.89. The quantitative estimate of drug-likeness (QED) is 0.801. The predicted molar refractivity (Wildman–Crippen MR) is 84.5 cm³/mol. The van der Waals surface area contributed by atoms with E-state index in [1.54, 1.807) is 16.4 Å². The van der Waals surface area contributed by atoms with Gasteiger partial charge >= 0.3 is 0 Å². The Balaban J connectivity index is 1.86. The summed E-state index contributed by atoms with van der Waals surface area (Å²) in [6.07, 6.45) is 4.16. The van der Waals surface area contributed by atoms with Gasteiger partial charge in [-0.3, -0.25) is 5.01 Å². The first kappa shape index (κ1) is 15.4. The van der Waals surface area contributed by atoms with Crippen LogP contribution in [0.4, 0.5) is 5.69 Å². The van der Waals surface area contributed by atoms with Crippen molar-refractivity contribution in [2.45, 2.75) is 37.5 Å². The molecule has 0 unspecified atom stereocenters. The van der Waals surface area contributed by atoms with Crippen LogP contribution in [0.2, 0.25) is 0 Å². The molecule has 2 heterocycles. The monoisotopic (exact) mass is 322 g/mol. The van der Waals surface area contributed by atoms with Crippen molar-refractivity contribution < 1.29 is 8.42 Å². The first-order valence-corrected chi connectivity index (χ1v) is 9.29. The van der Waals surface area contributed by atoms with Crippen molar-refractivity contribution in [1.29, 1.82) is 0 Å². The van der Waals surface area contributed by atoms with Crippen molar-refractivity contribution in [2.24, 2.45) is 10.3 Å². The summed E-state index contributed by atoms with van der Waals surface area (Å²) >= 11 is 0. The maximum atomic E-state index is 12.7. The van der Waals surface area contributed by atoms with E-state index in [0.717, 1.165) is 44.3 Å². The van der Waals surface area contributed by atoms with Crippen LogP contribution in [0.25, 0.3) is 0 Å². The van der Waals surface area contributed by atoms with Gasteiger partial charge in [0, 0.05) is 26.2 Å². The third-order valence-corrected chi connectivity index (χ3v) is 6.26. The molecule has 0 atom stereocenters. The van der Waals surface area contributed by atoms with Crippen molar-refractivity contribution in [3.05, 3.63) is 23.8 Å². The van der Waals surface area contributed by atoms with E-state index < -0.39 is 10.0 Å². The fourth-order valence-corrected chi connectivity index (χ4v) is 4.66. The summed E-state index contributed by atoms with van der Waals surface area (Å²) in [4.78, 5) is 0.354. The highest BCUT2D eigenvalue weighted by Crippen LogP contribution is 2.27. The van der Waals surface area contributed by atoms with Crippen molar-refractivity contribution in [3.63, 3.8) is 0 Å². The minimum atomic E-state index is -3.41. The Kier molecular flexibility index (Phi) is 4.44. The molecule has 2 aliphatic heterocycles. The van der Waals surface area contributed by atoms with Crippen LogP contribution in [-0.2, 0) is 10.0 Å². The summed E-state index contributed by atoms with van der Waals surface area (Å²) in [5.41, 5.74) is 1.35. The minimum Gasteiger partial charge on any atom is -0.278 e. The topological polar surface area (TPSA) is 65.3 Å². The predicted octanol–water partition coefficient (Wildman–Crippen LogP) is 2.87. The molecule has 0 N–H and O–H groups in total. The van der Waals surface area contributed by atoms with Crippen LogP contribution in [0.15, 0.2) is 33.4 Å². The number of sulfonamides is 1. The van der Waals surface area contributed by atoms with Crippen LogP contribution < -0.4 is 0 Å². The summed E-state index contributed by atoms with van der Waals surface area (Å²) in [6.45, 7) is 4.90. The molecule has 0 amide bonds. The Hall–Kier alpha value is -1.47. The number of aryl methyl sites for hydroxylation is 1. The van der Waals surface area contributed by atoms with E-state index in [9.17, 15) is 8.42 Å². The fraction of sp³-hybridized carbons (Fsp3) is 0.600. The zero-order chi connectivity index (χ0) is 15.6. The molecule has 0 radical (unpaired) electrons. The summed E-state index contributed by atoms with van der Waals surface area (Å²) in [6, 6.07) is 5.27. The lowest BCUT2D eigenvalue weighted by atomic mass is 10.2. The average Bonchev–Trinajstić information content (AvgIpc) is 3.20. The van der Waals surface area contributed by atoms with E-state index in [2.05, 4.69) is 10.3 Å². The molecule has 1 aromatic carbocycles. The first-order chi connectivity index (χ1) is 10.6. The number of rotatable bonds is 4. The molecule has 2 fully saturated rings. The molecule has 3 rings (SSSR count). The van der Waals surface area contributed by atoms with Crippen molar-refractivity contribution >= 4 is 15.7 Å². The molecule has 0 aliphatic carbocycles. The molecule has 2 saturated heterocycles. The molecule has 120 valence electrons. The Bertz CT molecular complexity index is 660. The largest absolute Gasteiger partial charge is 0.278 e. The first-order valence-electron chi connectivity index (χ1n) is 7.85. The summed E-state index contributed by atoms with van der Waals surface area (Å²) in [5.74, 6) is 0. The van der Waals surface area contributed by atoms with E-state index in [1.807, 2.05) is 18.0 Å². The summed E-state index contributed by atoms with van der Waals surface area (Å²) < 4.78 is 27.0. The van der Waals surface area contributed by atoms with Gasteiger partial charge in [0.1, 0.15) is 0 Å². The Morgan fingerprint density at radius 2 is 1.64 bits per heavy atom. The summed E-state index contributed by atoms with van der Waals surface area (Å²) in [5, 5.41) is 10.3. The molecule has 0 bridgehead atoms. The molecule has 6 nitrogen and oxygen atoms in total. The van der Waals surface area contributed by atoms with Gasteiger partial charge in [0.15, 0.2) is 0 Å². The lowest BCUT2D eigenvalue weighted by Crippen LogP contribution is -2.28. The maximum absolute atomic E-state index is 12.7. The Labute approximate surface area is 131 Å². The van der Waals surface area contributed by atoms with Gasteiger partial charge in [-0.1, -0.05) is 11.3 Å². The van der Waals surface area contributed by atoms with Crippen LogP contribution >= 0.6 is 0 Å². The zero-order valence-electron chi connectivity index (χ0n) is 12.9. The standard InChI is InChI=1S/C15H22N4O2S/c1-13-6-7-14(16-17-18-8-2-3-9-18)12-15(13)22(20,21)19-10-4-5-11-19/h6-7,12H,2-5,8-11H2,1H3. The number of nitrogens with zero attached hydrogens (tertiary/aromatic N) is 4. The van der Waals surface area contributed by atoms with Gasteiger partial charge in [-0.15, -0.1) is 5.11 Å². The lowest BCUT2D eigenvalue weighted by molar-refractivity contribution is 0.336. The zero-order valence-corrected chi connectivity index (χ0v) is 13.7. The second-order valence-electron chi connectivity index (χ2n) is 5.91. The van der Waals surface area contributed by atoms with Crippen LogP contribution in [0.3, 0.4) is 0 Å². The molecular formula is C15H22N4O2S. The highest BCUT2D eigenvalue weighted by atomic mass is 32.2. The maximum Gasteiger partial charge on any atom is 0.243 e. The minimum absolute atomic E-state index is 0.354. The third-order valence-electron chi connectivity index (χ3n) is 4.22. The SMILES string of the molecule is Cc1ccc(N=NN2CCCC2)cc1S(=O)(=O)N1CCCC1. The van der Waals surface area contributed by atoms with Gasteiger partial charge < -0.3 is 0 Å². The van der Waals surface area contributed by atoms with E-state index in [1.165, 1.54) is 0 Å². The third kappa shape index (κ3) is 3.15. The number of hydrogen-bond acceptors (Lipinski definition) is 4. The normalized spacial score (nSPS) is 20.3. The van der Waals surface area contributed by atoms with Gasteiger partial charge in [0.25, 0.3) is 0 Å². The summed E-state index contributed by atoms with van der Waals surface area (Å²) in [7, 11) is -3.41. The van der Waals surface area contributed by atoms with Crippen molar-refractivity contribution in [3.8, 4) is 0 Å².